The largest absolute Gasteiger partial charge is 0.378 e. The van der Waals surface area contributed by atoms with E-state index in [0.717, 1.165) is 37.9 Å². The van der Waals surface area contributed by atoms with Crippen LogP contribution in [0.5, 0.6) is 0 Å². The van der Waals surface area contributed by atoms with Crippen molar-refractivity contribution < 1.29 is 14.3 Å². The zero-order chi connectivity index (χ0) is 20.9. The SMILES string of the molecule is CCn1nccc1C(=O)N1CCC(Cc2ccc(C(=O)N3CCOCC3)cc2)CC1. The van der Waals surface area contributed by atoms with Gasteiger partial charge < -0.3 is 14.5 Å². The number of likely N-dealkylation sites (tertiary alicyclic amines) is 1. The van der Waals surface area contributed by atoms with Gasteiger partial charge in [0.1, 0.15) is 5.69 Å². The summed E-state index contributed by atoms with van der Waals surface area (Å²) in [5, 5.41) is 4.21. The molecule has 7 nitrogen and oxygen atoms in total. The van der Waals surface area contributed by atoms with Crippen molar-refractivity contribution >= 4 is 11.8 Å². The second-order valence-corrected chi connectivity index (χ2v) is 8.07. The van der Waals surface area contributed by atoms with Crippen LogP contribution in [0, 0.1) is 5.92 Å². The van der Waals surface area contributed by atoms with E-state index in [4.69, 9.17) is 4.74 Å². The molecule has 2 aromatic rings. The molecule has 2 amide bonds. The van der Waals surface area contributed by atoms with Crippen LogP contribution in [0.3, 0.4) is 0 Å². The highest BCUT2D eigenvalue weighted by molar-refractivity contribution is 5.94. The van der Waals surface area contributed by atoms with Gasteiger partial charge in [0.25, 0.3) is 11.8 Å². The first kappa shape index (κ1) is 20.6. The van der Waals surface area contributed by atoms with Crippen LogP contribution < -0.4 is 0 Å². The molecule has 0 saturated carbocycles. The molecule has 160 valence electrons. The highest BCUT2D eigenvalue weighted by Crippen LogP contribution is 2.23. The van der Waals surface area contributed by atoms with Gasteiger partial charge in [-0.2, -0.15) is 5.10 Å². The van der Waals surface area contributed by atoms with Gasteiger partial charge in [0.15, 0.2) is 0 Å². The van der Waals surface area contributed by atoms with Crippen LogP contribution in [0.15, 0.2) is 36.5 Å². The quantitative estimate of drug-likeness (QED) is 0.760. The zero-order valence-electron chi connectivity index (χ0n) is 17.6. The maximum Gasteiger partial charge on any atom is 0.272 e. The van der Waals surface area contributed by atoms with Gasteiger partial charge in [0.05, 0.1) is 13.2 Å². The molecule has 0 aliphatic carbocycles. The number of benzene rings is 1. The Bertz CT molecular complexity index is 863. The number of nitrogens with zero attached hydrogens (tertiary/aromatic N) is 4. The highest BCUT2D eigenvalue weighted by Gasteiger charge is 2.25. The highest BCUT2D eigenvalue weighted by atomic mass is 16.5. The lowest BCUT2D eigenvalue weighted by Gasteiger charge is -2.32. The van der Waals surface area contributed by atoms with E-state index in [1.165, 1.54) is 5.56 Å². The van der Waals surface area contributed by atoms with Crippen LogP contribution >= 0.6 is 0 Å². The number of rotatable bonds is 5. The van der Waals surface area contributed by atoms with E-state index in [1.807, 2.05) is 28.9 Å². The predicted octanol–water partition coefficient (Wildman–Crippen LogP) is 2.47. The number of carbonyl (C=O) groups excluding carboxylic acids is 2. The monoisotopic (exact) mass is 410 g/mol. The van der Waals surface area contributed by atoms with E-state index in [0.29, 0.717) is 44.5 Å². The Balaban J connectivity index is 1.29. The van der Waals surface area contributed by atoms with Crippen LogP contribution in [0.4, 0.5) is 0 Å². The molecule has 2 fully saturated rings. The van der Waals surface area contributed by atoms with Crippen molar-refractivity contribution in [2.75, 3.05) is 39.4 Å². The molecule has 0 bridgehead atoms. The second-order valence-electron chi connectivity index (χ2n) is 8.07. The standard InChI is InChI=1S/C23H30N4O3/c1-2-27-21(7-10-24-27)23(29)25-11-8-19(9-12-25)17-18-3-5-20(6-4-18)22(28)26-13-15-30-16-14-26/h3-7,10,19H,2,8-9,11-17H2,1H3. The molecule has 2 saturated heterocycles. The predicted molar refractivity (Wildman–Crippen MR) is 113 cm³/mol. The van der Waals surface area contributed by atoms with Crippen LogP contribution in [0.25, 0.3) is 0 Å². The Morgan fingerprint density at radius 1 is 0.967 bits per heavy atom. The third kappa shape index (κ3) is 4.56. The van der Waals surface area contributed by atoms with Crippen molar-refractivity contribution in [2.45, 2.75) is 32.7 Å². The van der Waals surface area contributed by atoms with E-state index >= 15 is 0 Å². The summed E-state index contributed by atoms with van der Waals surface area (Å²) in [7, 11) is 0. The van der Waals surface area contributed by atoms with Crippen molar-refractivity contribution in [2.24, 2.45) is 5.92 Å². The number of aryl methyl sites for hydroxylation is 1. The van der Waals surface area contributed by atoms with Gasteiger partial charge >= 0.3 is 0 Å². The lowest BCUT2D eigenvalue weighted by Crippen LogP contribution is -2.40. The lowest BCUT2D eigenvalue weighted by molar-refractivity contribution is 0.0303. The molecular weight excluding hydrogens is 380 g/mol. The Kier molecular flexibility index (Phi) is 6.47. The topological polar surface area (TPSA) is 67.7 Å². The van der Waals surface area contributed by atoms with Gasteiger partial charge in [0.2, 0.25) is 0 Å². The molecule has 3 heterocycles. The summed E-state index contributed by atoms with van der Waals surface area (Å²) in [4.78, 5) is 29.1. The molecule has 7 heteroatoms. The summed E-state index contributed by atoms with van der Waals surface area (Å²) >= 11 is 0. The maximum atomic E-state index is 12.8. The van der Waals surface area contributed by atoms with Crippen molar-refractivity contribution in [3.8, 4) is 0 Å². The lowest BCUT2D eigenvalue weighted by atomic mass is 9.89. The van der Waals surface area contributed by atoms with Crippen molar-refractivity contribution in [1.82, 2.24) is 19.6 Å². The molecule has 1 aromatic heterocycles. The molecule has 0 radical (unpaired) electrons. The van der Waals surface area contributed by atoms with Gasteiger partial charge in [-0.25, -0.2) is 0 Å². The van der Waals surface area contributed by atoms with Crippen molar-refractivity contribution in [3.63, 3.8) is 0 Å². The third-order valence-corrected chi connectivity index (χ3v) is 6.16. The first-order valence-electron chi connectivity index (χ1n) is 10.9. The molecule has 2 aliphatic heterocycles. The Morgan fingerprint density at radius 3 is 2.30 bits per heavy atom. The average Bonchev–Trinajstić information content (AvgIpc) is 3.29. The number of ether oxygens (including phenoxy) is 1. The zero-order valence-corrected chi connectivity index (χ0v) is 17.6. The summed E-state index contributed by atoms with van der Waals surface area (Å²) in [6.07, 6.45) is 4.68. The number of hydrogen-bond donors (Lipinski definition) is 0. The molecule has 0 unspecified atom stereocenters. The number of aromatic nitrogens is 2. The Morgan fingerprint density at radius 2 is 1.63 bits per heavy atom. The van der Waals surface area contributed by atoms with Crippen LogP contribution in [0.1, 0.15) is 46.2 Å². The summed E-state index contributed by atoms with van der Waals surface area (Å²) in [6, 6.07) is 9.84. The smallest absolute Gasteiger partial charge is 0.272 e. The van der Waals surface area contributed by atoms with Gasteiger partial charge in [-0.05, 0) is 55.9 Å². The van der Waals surface area contributed by atoms with Crippen molar-refractivity contribution in [1.29, 1.82) is 0 Å². The fraction of sp³-hybridized carbons (Fsp3) is 0.522. The van der Waals surface area contributed by atoms with Crippen LogP contribution in [-0.4, -0.2) is 70.8 Å². The Hall–Kier alpha value is -2.67. The van der Waals surface area contributed by atoms with Crippen LogP contribution in [0.2, 0.25) is 0 Å². The number of piperidine rings is 1. The molecule has 1 aromatic carbocycles. The van der Waals surface area contributed by atoms with E-state index in [-0.39, 0.29) is 11.8 Å². The summed E-state index contributed by atoms with van der Waals surface area (Å²) in [5.41, 5.74) is 2.67. The fourth-order valence-corrected chi connectivity index (χ4v) is 4.33. The molecule has 0 N–H and O–H groups in total. The summed E-state index contributed by atoms with van der Waals surface area (Å²) in [6.45, 7) is 6.83. The van der Waals surface area contributed by atoms with Gasteiger partial charge in [0, 0.05) is 44.5 Å². The molecule has 0 spiro atoms. The molecule has 30 heavy (non-hydrogen) atoms. The minimum absolute atomic E-state index is 0.0822. The summed E-state index contributed by atoms with van der Waals surface area (Å²) in [5.74, 6) is 0.729. The number of carbonyl (C=O) groups is 2. The number of hydrogen-bond acceptors (Lipinski definition) is 4. The van der Waals surface area contributed by atoms with Gasteiger partial charge in [-0.15, -0.1) is 0 Å². The maximum absolute atomic E-state index is 12.8. The minimum atomic E-state index is 0.0822. The van der Waals surface area contributed by atoms with E-state index < -0.39 is 0 Å². The van der Waals surface area contributed by atoms with Crippen LogP contribution in [-0.2, 0) is 17.7 Å². The summed E-state index contributed by atoms with van der Waals surface area (Å²) < 4.78 is 7.08. The normalized spacial score (nSPS) is 17.9. The molecule has 4 rings (SSSR count). The molecular formula is C23H30N4O3. The average molecular weight is 411 g/mol. The van der Waals surface area contributed by atoms with E-state index in [1.54, 1.807) is 16.9 Å². The van der Waals surface area contributed by atoms with Gasteiger partial charge in [-0.3, -0.25) is 14.3 Å². The Labute approximate surface area is 177 Å². The first-order valence-corrected chi connectivity index (χ1v) is 10.9. The third-order valence-electron chi connectivity index (χ3n) is 6.16. The molecule has 0 atom stereocenters. The van der Waals surface area contributed by atoms with E-state index in [2.05, 4.69) is 17.2 Å². The first-order chi connectivity index (χ1) is 14.7. The van der Waals surface area contributed by atoms with Crippen molar-refractivity contribution in [3.05, 3.63) is 53.3 Å². The van der Waals surface area contributed by atoms with E-state index in [9.17, 15) is 9.59 Å². The number of morpholine rings is 1. The number of amides is 2. The minimum Gasteiger partial charge on any atom is -0.378 e. The fourth-order valence-electron chi connectivity index (χ4n) is 4.33. The second kappa shape index (κ2) is 9.43. The molecule has 2 aliphatic rings. The van der Waals surface area contributed by atoms with Gasteiger partial charge in [-0.1, -0.05) is 12.1 Å².